The van der Waals surface area contributed by atoms with Crippen LogP contribution >= 0.6 is 0 Å². The summed E-state index contributed by atoms with van der Waals surface area (Å²) in [5, 5.41) is 7.55. The Hall–Kier alpha value is -8.98. The first kappa shape index (κ1) is 48.0. The smallest absolute Gasteiger partial charge is 0.0462 e. The molecule has 0 N–H and O–H groups in total. The minimum atomic E-state index is -0.0419. The van der Waals surface area contributed by atoms with Crippen molar-refractivity contribution >= 4 is 66.4 Å². The van der Waals surface area contributed by atoms with Crippen LogP contribution in [-0.4, -0.2) is 0 Å². The molecule has 0 aliphatic carbocycles. The van der Waals surface area contributed by atoms with E-state index in [0.717, 1.165) is 34.1 Å². The average molecular weight is 979 g/mol. The molecule has 0 aliphatic heterocycles. The molecule has 0 radical (unpaired) electrons. The molecule has 368 valence electrons. The molecular weight excluding hydrogens is 917 g/mol. The van der Waals surface area contributed by atoms with Crippen molar-refractivity contribution in [1.82, 2.24) is 0 Å². The molecule has 0 aromatic heterocycles. The van der Waals surface area contributed by atoms with Gasteiger partial charge in [-0.2, -0.15) is 0 Å². The van der Waals surface area contributed by atoms with E-state index < -0.39 is 0 Å². The Balaban J connectivity index is 0.996. The lowest BCUT2D eigenvalue weighted by molar-refractivity contribution is 0.591. The summed E-state index contributed by atoms with van der Waals surface area (Å²) in [6, 6.07) is 98.1. The number of para-hydroxylation sites is 2. The monoisotopic (exact) mass is 978 g/mol. The van der Waals surface area contributed by atoms with E-state index in [2.05, 4.69) is 318 Å². The third-order valence-corrected chi connectivity index (χ3v) is 15.2. The largest absolute Gasteiger partial charge is 0.311 e. The van der Waals surface area contributed by atoms with Crippen molar-refractivity contribution in [1.29, 1.82) is 0 Å². The number of anilines is 6. The van der Waals surface area contributed by atoms with Crippen LogP contribution < -0.4 is 9.80 Å². The molecule has 0 atom stereocenters. The summed E-state index contributed by atoms with van der Waals surface area (Å²) in [7, 11) is 0. The second kappa shape index (κ2) is 19.7. The topological polar surface area (TPSA) is 6.48 Å². The third-order valence-electron chi connectivity index (χ3n) is 15.2. The van der Waals surface area contributed by atoms with E-state index in [1.54, 1.807) is 0 Å². The number of hydrogen-bond acceptors (Lipinski definition) is 2. The van der Waals surface area contributed by atoms with Crippen LogP contribution in [0.4, 0.5) is 34.1 Å². The van der Waals surface area contributed by atoms with E-state index in [4.69, 9.17) is 0 Å². The molecule has 12 rings (SSSR count). The van der Waals surface area contributed by atoms with Gasteiger partial charge < -0.3 is 9.80 Å². The lowest BCUT2D eigenvalue weighted by Gasteiger charge is -2.26. The summed E-state index contributed by atoms with van der Waals surface area (Å²) < 4.78 is 0. The Kier molecular flexibility index (Phi) is 12.4. The van der Waals surface area contributed by atoms with E-state index in [1.165, 1.54) is 88.0 Å². The summed E-state index contributed by atoms with van der Waals surface area (Å²) >= 11 is 0. The summed E-state index contributed by atoms with van der Waals surface area (Å²) in [4.78, 5) is 4.70. The van der Waals surface area contributed by atoms with Crippen LogP contribution in [0.25, 0.3) is 76.8 Å². The van der Waals surface area contributed by atoms with Crippen LogP contribution in [-0.2, 0) is 10.8 Å². The Bertz CT molecular complexity index is 3720. The van der Waals surface area contributed by atoms with Gasteiger partial charge in [0.2, 0.25) is 0 Å². The lowest BCUT2D eigenvalue weighted by atomic mass is 9.81. The highest BCUT2D eigenvalue weighted by Crippen LogP contribution is 2.46. The minimum Gasteiger partial charge on any atom is -0.311 e. The molecule has 12 aromatic carbocycles. The molecule has 0 spiro atoms. The van der Waals surface area contributed by atoms with Gasteiger partial charge >= 0.3 is 0 Å². The number of benzene rings is 12. The van der Waals surface area contributed by atoms with Crippen LogP contribution in [0.1, 0.15) is 52.7 Å². The van der Waals surface area contributed by atoms with Crippen LogP contribution in [0.3, 0.4) is 0 Å². The zero-order valence-electron chi connectivity index (χ0n) is 44.3. The zero-order valence-corrected chi connectivity index (χ0v) is 44.3. The molecule has 2 heteroatoms. The summed E-state index contributed by atoms with van der Waals surface area (Å²) in [5.74, 6) is 0. The van der Waals surface area contributed by atoms with E-state index in [0.29, 0.717) is 0 Å². The summed E-state index contributed by atoms with van der Waals surface area (Å²) in [5.41, 5.74) is 18.8. The first-order valence-electron chi connectivity index (χ1n) is 26.7. The number of nitrogens with zero attached hydrogens (tertiary/aromatic N) is 2. The van der Waals surface area contributed by atoms with Gasteiger partial charge in [-0.15, -0.1) is 0 Å². The van der Waals surface area contributed by atoms with E-state index >= 15 is 0 Å². The fourth-order valence-electron chi connectivity index (χ4n) is 11.0. The summed E-state index contributed by atoms with van der Waals surface area (Å²) in [6.45, 7) is 13.9. The van der Waals surface area contributed by atoms with Crippen molar-refractivity contribution < 1.29 is 0 Å². The maximum absolute atomic E-state index is 2.48. The van der Waals surface area contributed by atoms with Gasteiger partial charge in [0.1, 0.15) is 0 Å². The third kappa shape index (κ3) is 9.33. The first-order chi connectivity index (χ1) is 36.9. The van der Waals surface area contributed by atoms with Crippen molar-refractivity contribution in [3.63, 3.8) is 0 Å². The molecule has 0 saturated heterocycles. The molecular formula is C74H62N2. The van der Waals surface area contributed by atoms with Crippen molar-refractivity contribution in [2.24, 2.45) is 0 Å². The van der Waals surface area contributed by atoms with Crippen molar-refractivity contribution in [2.75, 3.05) is 9.80 Å². The molecule has 2 nitrogen and oxygen atoms in total. The minimum absolute atomic E-state index is 0.0419. The van der Waals surface area contributed by atoms with Gasteiger partial charge in [-0.1, -0.05) is 211 Å². The second-order valence-corrected chi connectivity index (χ2v) is 22.2. The molecule has 0 amide bonds. The fourth-order valence-corrected chi connectivity index (χ4v) is 11.0. The average Bonchev–Trinajstić information content (AvgIpc) is 3.53. The van der Waals surface area contributed by atoms with Crippen LogP contribution in [0.15, 0.2) is 267 Å². The van der Waals surface area contributed by atoms with E-state index in [9.17, 15) is 0 Å². The molecule has 0 heterocycles. The predicted octanol–water partition coefficient (Wildman–Crippen LogP) is 21.3. The molecule has 0 unspecified atom stereocenters. The molecule has 0 saturated carbocycles. The normalized spacial score (nSPS) is 11.8. The molecule has 0 aliphatic rings. The number of fused-ring (bicyclic) bond motifs is 5. The van der Waals surface area contributed by atoms with Gasteiger partial charge in [0.05, 0.1) is 0 Å². The number of rotatable bonds is 10. The molecule has 76 heavy (non-hydrogen) atoms. The number of hydrogen-bond donors (Lipinski definition) is 0. The highest BCUT2D eigenvalue weighted by Gasteiger charge is 2.22. The van der Waals surface area contributed by atoms with Crippen LogP contribution in [0, 0.1) is 0 Å². The van der Waals surface area contributed by atoms with Gasteiger partial charge in [0, 0.05) is 34.1 Å². The van der Waals surface area contributed by atoms with Crippen molar-refractivity contribution in [3.05, 3.63) is 278 Å². The Morgan fingerprint density at radius 3 is 0.763 bits per heavy atom. The SMILES string of the molecule is CC(C)(C)c1ccc2c(-c3ccc(N(c4ccccc4)c4ccc(-c5ccccc5)cc4)cc3)cc3c4cc(C(C)(C)C)ccc4c(-c4ccc(N(c5ccccc5)c5ccc(-c6ccccc6)cc5)cc4)cc3c2c1. The quantitative estimate of drug-likeness (QED) is 0.126. The van der Waals surface area contributed by atoms with Crippen molar-refractivity contribution in [2.45, 2.75) is 52.4 Å². The van der Waals surface area contributed by atoms with E-state index in [1.807, 2.05) is 0 Å². The van der Waals surface area contributed by atoms with E-state index in [-0.39, 0.29) is 10.8 Å². The van der Waals surface area contributed by atoms with Gasteiger partial charge in [-0.05, 0) is 196 Å². The standard InChI is InChI=1S/C74H62N2/c1-73(2,3)57-35-45-65-67(55-31-41-63(42-32-55)75(59-23-15-9-16-24-59)61-37-27-53(28-38-61)51-19-11-7-12-20-51)50-72-70-48-58(74(4,5)6)36-46-66(70)68(49-71(72)69(65)47-57)56-33-43-64(44-34-56)76(60-25-17-10-18-26-60)62-39-29-54(30-40-62)52-21-13-8-14-22-52/h7-50H,1-6H3. The zero-order chi connectivity index (χ0) is 52.0. The molecule has 0 fully saturated rings. The van der Waals surface area contributed by atoms with Gasteiger partial charge in [-0.25, -0.2) is 0 Å². The predicted molar refractivity (Wildman–Crippen MR) is 327 cm³/mol. The Morgan fingerprint density at radius 2 is 0.461 bits per heavy atom. The highest BCUT2D eigenvalue weighted by atomic mass is 15.1. The van der Waals surface area contributed by atoms with Crippen molar-refractivity contribution in [3.8, 4) is 44.5 Å². The highest BCUT2D eigenvalue weighted by molar-refractivity contribution is 6.24. The van der Waals surface area contributed by atoms with Gasteiger partial charge in [0.15, 0.2) is 0 Å². The van der Waals surface area contributed by atoms with Crippen LogP contribution in [0.2, 0.25) is 0 Å². The Morgan fingerprint density at radius 1 is 0.211 bits per heavy atom. The second-order valence-electron chi connectivity index (χ2n) is 22.2. The molecule has 12 aromatic rings. The molecule has 0 bridgehead atoms. The van der Waals surface area contributed by atoms with Gasteiger partial charge in [0.25, 0.3) is 0 Å². The van der Waals surface area contributed by atoms with Gasteiger partial charge in [-0.3, -0.25) is 0 Å². The Labute approximate surface area is 448 Å². The fraction of sp³-hybridized carbons (Fsp3) is 0.108. The van der Waals surface area contributed by atoms with Crippen LogP contribution in [0.5, 0.6) is 0 Å². The summed E-state index contributed by atoms with van der Waals surface area (Å²) in [6.07, 6.45) is 0. The maximum atomic E-state index is 2.48. The maximum Gasteiger partial charge on any atom is 0.0462 e. The first-order valence-corrected chi connectivity index (χ1v) is 26.7. The lowest BCUT2D eigenvalue weighted by Crippen LogP contribution is -2.11.